The highest BCUT2D eigenvalue weighted by atomic mass is 16.3. The first-order valence-electron chi connectivity index (χ1n) is 4.25. The van der Waals surface area contributed by atoms with Crippen LogP contribution in [0.1, 0.15) is 24.2 Å². The number of hydrogen-bond acceptors (Lipinski definition) is 4. The highest BCUT2D eigenvalue weighted by molar-refractivity contribution is 5.94. The Bertz CT molecular complexity index is 311. The first-order valence-corrected chi connectivity index (χ1v) is 4.25. The summed E-state index contributed by atoms with van der Waals surface area (Å²) in [7, 11) is 0. The Morgan fingerprint density at radius 1 is 1.57 bits per heavy atom. The van der Waals surface area contributed by atoms with Gasteiger partial charge in [-0.3, -0.25) is 4.79 Å². The predicted octanol–water partition coefficient (Wildman–Crippen LogP) is -0.0227. The maximum Gasteiger partial charge on any atom is 0.253 e. The van der Waals surface area contributed by atoms with Gasteiger partial charge in [0.1, 0.15) is 0 Å². The number of aliphatic hydroxyl groups excluding tert-OH is 1. The molecular weight excluding hydrogens is 182 g/mol. The smallest absolute Gasteiger partial charge is 0.253 e. The van der Waals surface area contributed by atoms with Crippen molar-refractivity contribution in [1.82, 2.24) is 15.5 Å². The third-order valence-electron chi connectivity index (χ3n) is 1.69. The lowest BCUT2D eigenvalue weighted by atomic mass is 10.1. The molecule has 1 aromatic heterocycles. The minimum absolute atomic E-state index is 0.114. The molecule has 0 atom stereocenters. The van der Waals surface area contributed by atoms with Crippen molar-refractivity contribution in [2.75, 3.05) is 6.61 Å². The molecule has 1 rings (SSSR count). The van der Waals surface area contributed by atoms with Crippen LogP contribution in [0, 0.1) is 0 Å². The summed E-state index contributed by atoms with van der Waals surface area (Å²) >= 11 is 0. The Labute approximate surface area is 82.2 Å². The van der Waals surface area contributed by atoms with Gasteiger partial charge < -0.3 is 10.4 Å². The summed E-state index contributed by atoms with van der Waals surface area (Å²) in [6.07, 6.45) is 2.82. The van der Waals surface area contributed by atoms with E-state index < -0.39 is 5.54 Å². The number of rotatable bonds is 3. The topological polar surface area (TPSA) is 75.1 Å². The molecule has 1 heterocycles. The van der Waals surface area contributed by atoms with Crippen molar-refractivity contribution in [3.63, 3.8) is 0 Å². The zero-order valence-corrected chi connectivity index (χ0v) is 8.19. The second kappa shape index (κ2) is 4.15. The lowest BCUT2D eigenvalue weighted by Gasteiger charge is -2.23. The molecule has 0 radical (unpaired) electrons. The van der Waals surface area contributed by atoms with Gasteiger partial charge in [0.2, 0.25) is 0 Å². The zero-order chi connectivity index (χ0) is 10.6. The fourth-order valence-electron chi connectivity index (χ4n) is 0.844. The van der Waals surface area contributed by atoms with Crippen LogP contribution in [-0.2, 0) is 0 Å². The minimum atomic E-state index is -0.625. The normalized spacial score (nSPS) is 11.1. The van der Waals surface area contributed by atoms with Crippen LogP contribution in [0.4, 0.5) is 0 Å². The summed E-state index contributed by atoms with van der Waals surface area (Å²) in [4.78, 5) is 11.5. The van der Waals surface area contributed by atoms with Gasteiger partial charge in [-0.25, -0.2) is 0 Å². The number of aromatic nitrogens is 2. The van der Waals surface area contributed by atoms with E-state index >= 15 is 0 Å². The Morgan fingerprint density at radius 3 is 2.79 bits per heavy atom. The molecule has 0 spiro atoms. The van der Waals surface area contributed by atoms with Crippen molar-refractivity contribution in [2.45, 2.75) is 19.4 Å². The summed E-state index contributed by atoms with van der Waals surface area (Å²) < 4.78 is 0. The average Bonchev–Trinajstić information content (AvgIpc) is 2.19. The van der Waals surface area contributed by atoms with Crippen molar-refractivity contribution in [3.05, 3.63) is 24.0 Å². The Kier molecular flexibility index (Phi) is 3.14. The molecule has 0 aliphatic rings. The highest BCUT2D eigenvalue weighted by Crippen LogP contribution is 2.02. The third kappa shape index (κ3) is 2.77. The number of nitrogens with one attached hydrogen (secondary N) is 1. The van der Waals surface area contributed by atoms with Crippen LogP contribution in [0.25, 0.3) is 0 Å². The van der Waals surface area contributed by atoms with Gasteiger partial charge in [-0.05, 0) is 19.9 Å². The van der Waals surface area contributed by atoms with E-state index in [-0.39, 0.29) is 12.5 Å². The molecule has 0 unspecified atom stereocenters. The molecule has 1 amide bonds. The van der Waals surface area contributed by atoms with Gasteiger partial charge >= 0.3 is 0 Å². The van der Waals surface area contributed by atoms with E-state index in [4.69, 9.17) is 5.11 Å². The zero-order valence-electron chi connectivity index (χ0n) is 8.19. The van der Waals surface area contributed by atoms with Crippen molar-refractivity contribution >= 4 is 5.91 Å². The maximum absolute atomic E-state index is 11.5. The highest BCUT2D eigenvalue weighted by Gasteiger charge is 2.19. The lowest BCUT2D eigenvalue weighted by molar-refractivity contribution is 0.0869. The standard InChI is InChI=1S/C9H13N3O2/c1-9(2,6-13)12-8(14)7-3-4-10-11-5-7/h3-5,13H,6H2,1-2H3,(H,12,14). The van der Waals surface area contributed by atoms with Crippen molar-refractivity contribution in [1.29, 1.82) is 0 Å². The summed E-state index contributed by atoms with van der Waals surface area (Å²) in [5.41, 5.74) is -0.193. The van der Waals surface area contributed by atoms with Gasteiger partial charge in [-0.2, -0.15) is 10.2 Å². The Hall–Kier alpha value is -1.49. The van der Waals surface area contributed by atoms with Gasteiger partial charge in [0.15, 0.2) is 0 Å². The number of aliphatic hydroxyl groups is 1. The van der Waals surface area contributed by atoms with E-state index in [1.165, 1.54) is 12.4 Å². The molecule has 0 aromatic carbocycles. The molecule has 0 bridgehead atoms. The van der Waals surface area contributed by atoms with Crippen molar-refractivity contribution < 1.29 is 9.90 Å². The third-order valence-corrected chi connectivity index (χ3v) is 1.69. The average molecular weight is 195 g/mol. The molecule has 1 aromatic rings. The molecule has 2 N–H and O–H groups in total. The van der Waals surface area contributed by atoms with E-state index in [1.54, 1.807) is 19.9 Å². The minimum Gasteiger partial charge on any atom is -0.394 e. The van der Waals surface area contributed by atoms with Gasteiger partial charge in [0.05, 0.1) is 30.1 Å². The molecular formula is C9H13N3O2. The molecule has 5 heteroatoms. The number of carbonyl (C=O) groups excluding carboxylic acids is 1. The molecule has 76 valence electrons. The first-order chi connectivity index (χ1) is 6.55. The quantitative estimate of drug-likeness (QED) is 0.710. The van der Waals surface area contributed by atoms with Crippen LogP contribution in [-0.4, -0.2) is 33.4 Å². The van der Waals surface area contributed by atoms with E-state index in [2.05, 4.69) is 15.5 Å². The molecule has 0 saturated heterocycles. The fraction of sp³-hybridized carbons (Fsp3) is 0.444. The molecule has 0 aliphatic carbocycles. The largest absolute Gasteiger partial charge is 0.394 e. The second-order valence-corrected chi connectivity index (χ2v) is 3.63. The maximum atomic E-state index is 11.5. The second-order valence-electron chi connectivity index (χ2n) is 3.63. The number of carbonyl (C=O) groups is 1. The van der Waals surface area contributed by atoms with Crippen LogP contribution in [0.2, 0.25) is 0 Å². The van der Waals surface area contributed by atoms with Gasteiger partial charge in [0, 0.05) is 0 Å². The monoisotopic (exact) mass is 195 g/mol. The number of hydrogen-bond donors (Lipinski definition) is 2. The van der Waals surface area contributed by atoms with Crippen molar-refractivity contribution in [2.24, 2.45) is 0 Å². The van der Waals surface area contributed by atoms with Crippen LogP contribution in [0.5, 0.6) is 0 Å². The lowest BCUT2D eigenvalue weighted by Crippen LogP contribution is -2.46. The molecule has 0 aliphatic heterocycles. The van der Waals surface area contributed by atoms with Crippen LogP contribution < -0.4 is 5.32 Å². The van der Waals surface area contributed by atoms with E-state index in [0.29, 0.717) is 5.56 Å². The molecule has 5 nitrogen and oxygen atoms in total. The molecule has 0 saturated carbocycles. The molecule has 0 fully saturated rings. The number of amides is 1. The van der Waals surface area contributed by atoms with Crippen LogP contribution in [0.3, 0.4) is 0 Å². The van der Waals surface area contributed by atoms with Crippen LogP contribution in [0.15, 0.2) is 18.5 Å². The van der Waals surface area contributed by atoms with E-state index in [9.17, 15) is 4.79 Å². The van der Waals surface area contributed by atoms with E-state index in [0.717, 1.165) is 0 Å². The molecule has 14 heavy (non-hydrogen) atoms. The Morgan fingerprint density at radius 2 is 2.29 bits per heavy atom. The van der Waals surface area contributed by atoms with Gasteiger partial charge in [-0.1, -0.05) is 0 Å². The summed E-state index contributed by atoms with van der Waals surface area (Å²) in [6, 6.07) is 1.57. The van der Waals surface area contributed by atoms with Crippen LogP contribution >= 0.6 is 0 Å². The summed E-state index contributed by atoms with van der Waals surface area (Å²) in [5.74, 6) is -0.265. The van der Waals surface area contributed by atoms with Gasteiger partial charge in [0.25, 0.3) is 5.91 Å². The summed E-state index contributed by atoms with van der Waals surface area (Å²) in [5, 5.41) is 18.8. The summed E-state index contributed by atoms with van der Waals surface area (Å²) in [6.45, 7) is 3.36. The Balaban J connectivity index is 2.69. The van der Waals surface area contributed by atoms with E-state index in [1.807, 2.05) is 0 Å². The first kappa shape index (κ1) is 10.6. The SMILES string of the molecule is CC(C)(CO)NC(=O)c1ccnnc1. The van der Waals surface area contributed by atoms with Gasteiger partial charge in [-0.15, -0.1) is 0 Å². The number of nitrogens with zero attached hydrogens (tertiary/aromatic N) is 2. The predicted molar refractivity (Wildman–Crippen MR) is 50.7 cm³/mol. The fourth-order valence-corrected chi connectivity index (χ4v) is 0.844. The van der Waals surface area contributed by atoms with Crippen molar-refractivity contribution in [3.8, 4) is 0 Å².